The molecule has 0 N–H and O–H groups in total. The van der Waals surface area contributed by atoms with Crippen LogP contribution in [0.25, 0.3) is 60.9 Å². The zero-order chi connectivity index (χ0) is 29.7. The topological polar surface area (TPSA) is 36.3 Å². The van der Waals surface area contributed by atoms with Crippen molar-refractivity contribution < 1.29 is 9.47 Å². The van der Waals surface area contributed by atoms with Gasteiger partial charge in [-0.1, -0.05) is 91.0 Å². The quantitative estimate of drug-likeness (QED) is 0.205. The van der Waals surface area contributed by atoms with Crippen LogP contribution in [0.5, 0.6) is 23.0 Å². The Morgan fingerprint density at radius 3 is 1.80 bits per heavy atom. The summed E-state index contributed by atoms with van der Waals surface area (Å²) in [7, 11) is 0. The fourth-order valence-corrected chi connectivity index (χ4v) is 6.49. The average molecular weight is 579 g/mol. The molecule has 0 atom stereocenters. The van der Waals surface area contributed by atoms with Crippen molar-refractivity contribution in [3.63, 3.8) is 0 Å². The van der Waals surface area contributed by atoms with E-state index in [4.69, 9.17) is 9.47 Å². The molecular formula is C41H26N2O2. The van der Waals surface area contributed by atoms with Crippen molar-refractivity contribution in [2.24, 2.45) is 0 Å². The van der Waals surface area contributed by atoms with E-state index in [2.05, 4.69) is 113 Å². The highest BCUT2D eigenvalue weighted by molar-refractivity contribution is 6.09. The second-order valence-corrected chi connectivity index (χ2v) is 11.2. The molecule has 9 rings (SSSR count). The minimum Gasteiger partial charge on any atom is -0.456 e. The van der Waals surface area contributed by atoms with E-state index in [1.54, 1.807) is 0 Å². The maximum Gasteiger partial charge on any atom is 0.137 e. The molecule has 0 spiro atoms. The van der Waals surface area contributed by atoms with Gasteiger partial charge in [0.2, 0.25) is 0 Å². The first-order valence-corrected chi connectivity index (χ1v) is 15.0. The predicted molar refractivity (Wildman–Crippen MR) is 181 cm³/mol. The molecule has 3 heterocycles. The number of fused-ring (bicyclic) bond motifs is 9. The first kappa shape index (κ1) is 25.4. The summed E-state index contributed by atoms with van der Waals surface area (Å²) in [5.74, 6) is 3.05. The molecule has 0 bridgehead atoms. The van der Waals surface area contributed by atoms with Gasteiger partial charge in [0, 0.05) is 51.0 Å². The molecular weight excluding hydrogens is 552 g/mol. The Morgan fingerprint density at radius 1 is 0.422 bits per heavy atom. The van der Waals surface area contributed by atoms with Gasteiger partial charge < -0.3 is 14.0 Å². The molecule has 4 nitrogen and oxygen atoms in total. The maximum atomic E-state index is 6.92. The highest BCUT2D eigenvalue weighted by Crippen LogP contribution is 2.48. The van der Waals surface area contributed by atoms with E-state index in [9.17, 15) is 0 Å². The third-order valence-electron chi connectivity index (χ3n) is 8.58. The highest BCUT2D eigenvalue weighted by atomic mass is 16.5. The van der Waals surface area contributed by atoms with Crippen LogP contribution in [0, 0.1) is 0 Å². The number of benzene rings is 6. The lowest BCUT2D eigenvalue weighted by Crippen LogP contribution is -2.00. The van der Waals surface area contributed by atoms with Gasteiger partial charge in [0.05, 0.1) is 17.2 Å². The number of hydrogen-bond acceptors (Lipinski definition) is 3. The smallest absolute Gasteiger partial charge is 0.137 e. The Balaban J connectivity index is 1.31. The van der Waals surface area contributed by atoms with Crippen molar-refractivity contribution in [2.75, 3.05) is 0 Å². The summed E-state index contributed by atoms with van der Waals surface area (Å²) in [5, 5.41) is 2.35. The van der Waals surface area contributed by atoms with Gasteiger partial charge in [0.1, 0.15) is 23.0 Å². The molecule has 0 aliphatic carbocycles. The molecule has 0 radical (unpaired) electrons. The Labute approximate surface area is 260 Å². The standard InChI is InChI=1S/C41H26N2O2/c1-2-10-27(11-3-1)28-18-20-34-35-21-19-29(43-36-15-7-4-12-30(36)31-22-23-42-26-37(31)43)25-41(35)45-39-17-9-6-14-33(39)32-13-5-8-16-38(32)44-40(34)24-28/h1-26H. The Hall–Kier alpha value is -6.13. The van der Waals surface area contributed by atoms with Crippen molar-refractivity contribution in [3.8, 4) is 62.1 Å². The van der Waals surface area contributed by atoms with E-state index >= 15 is 0 Å². The largest absolute Gasteiger partial charge is 0.456 e. The third kappa shape index (κ3) is 4.19. The zero-order valence-corrected chi connectivity index (χ0v) is 24.2. The van der Waals surface area contributed by atoms with Crippen LogP contribution in [0.1, 0.15) is 0 Å². The summed E-state index contributed by atoms with van der Waals surface area (Å²) < 4.78 is 16.0. The zero-order valence-electron chi connectivity index (χ0n) is 24.2. The van der Waals surface area contributed by atoms with Gasteiger partial charge in [-0.05, 0) is 59.7 Å². The molecule has 0 unspecified atom stereocenters. The van der Waals surface area contributed by atoms with Crippen molar-refractivity contribution >= 4 is 21.8 Å². The van der Waals surface area contributed by atoms with Crippen LogP contribution >= 0.6 is 0 Å². The Bertz CT molecular complexity index is 2340. The fourth-order valence-electron chi connectivity index (χ4n) is 6.49. The lowest BCUT2D eigenvalue weighted by molar-refractivity contribution is 0.472. The van der Waals surface area contributed by atoms with Crippen LogP contribution in [0.3, 0.4) is 0 Å². The summed E-state index contributed by atoms with van der Waals surface area (Å²) in [5.41, 5.74) is 9.20. The van der Waals surface area contributed by atoms with Crippen molar-refractivity contribution in [1.29, 1.82) is 0 Å². The van der Waals surface area contributed by atoms with Crippen LogP contribution in [-0.4, -0.2) is 9.55 Å². The van der Waals surface area contributed by atoms with Crippen molar-refractivity contribution in [1.82, 2.24) is 9.55 Å². The molecule has 0 saturated heterocycles. The summed E-state index contributed by atoms with van der Waals surface area (Å²) >= 11 is 0. The van der Waals surface area contributed by atoms with Gasteiger partial charge in [0.15, 0.2) is 0 Å². The first-order valence-electron chi connectivity index (χ1n) is 15.0. The molecule has 45 heavy (non-hydrogen) atoms. The van der Waals surface area contributed by atoms with Crippen LogP contribution in [0.4, 0.5) is 0 Å². The first-order chi connectivity index (χ1) is 22.3. The van der Waals surface area contributed by atoms with E-state index in [-0.39, 0.29) is 0 Å². The molecule has 0 fully saturated rings. The molecule has 0 amide bonds. The van der Waals surface area contributed by atoms with Crippen molar-refractivity contribution in [3.05, 3.63) is 158 Å². The molecule has 4 heteroatoms. The van der Waals surface area contributed by atoms with E-state index < -0.39 is 0 Å². The number of ether oxygens (including phenoxy) is 2. The monoisotopic (exact) mass is 578 g/mol. The molecule has 6 aromatic carbocycles. The number of hydrogen-bond donors (Lipinski definition) is 0. The average Bonchev–Trinajstić information content (AvgIpc) is 3.44. The van der Waals surface area contributed by atoms with Gasteiger partial charge in [-0.25, -0.2) is 0 Å². The van der Waals surface area contributed by atoms with E-state index in [1.165, 1.54) is 5.39 Å². The lowest BCUT2D eigenvalue weighted by atomic mass is 9.97. The van der Waals surface area contributed by atoms with Crippen LogP contribution in [0.15, 0.2) is 158 Å². The second kappa shape index (κ2) is 10.2. The highest BCUT2D eigenvalue weighted by Gasteiger charge is 2.22. The van der Waals surface area contributed by atoms with Gasteiger partial charge in [-0.2, -0.15) is 0 Å². The molecule has 212 valence electrons. The number of nitrogens with zero attached hydrogens (tertiary/aromatic N) is 2. The van der Waals surface area contributed by atoms with E-state index in [0.29, 0.717) is 0 Å². The van der Waals surface area contributed by atoms with Crippen LogP contribution in [0.2, 0.25) is 0 Å². The predicted octanol–water partition coefficient (Wildman–Crippen LogP) is 11.1. The number of rotatable bonds is 2. The summed E-state index contributed by atoms with van der Waals surface area (Å²) in [6.07, 6.45) is 3.78. The fraction of sp³-hybridized carbons (Fsp3) is 0. The normalized spacial score (nSPS) is 11.9. The molecule has 0 saturated carbocycles. The summed E-state index contributed by atoms with van der Waals surface area (Å²) in [6.45, 7) is 0. The molecule has 8 aromatic rings. The Kier molecular flexibility index (Phi) is 5.78. The number of aromatic nitrogens is 2. The van der Waals surface area contributed by atoms with Crippen LogP contribution < -0.4 is 9.47 Å². The van der Waals surface area contributed by atoms with Gasteiger partial charge >= 0.3 is 0 Å². The third-order valence-corrected chi connectivity index (χ3v) is 8.58. The van der Waals surface area contributed by atoms with E-state index in [1.807, 2.05) is 54.9 Å². The minimum atomic E-state index is 0.742. The van der Waals surface area contributed by atoms with Gasteiger partial charge in [-0.15, -0.1) is 0 Å². The van der Waals surface area contributed by atoms with Crippen molar-refractivity contribution in [2.45, 2.75) is 0 Å². The maximum absolute atomic E-state index is 6.92. The SMILES string of the molecule is c1ccc(-c2ccc3c(c2)Oc2ccccc2-c2ccccc2Oc2cc(-n4c5ccccc5c5ccncc54)ccc2-3)cc1. The number of pyridine rings is 1. The van der Waals surface area contributed by atoms with Crippen LogP contribution in [-0.2, 0) is 0 Å². The van der Waals surface area contributed by atoms with Gasteiger partial charge in [-0.3, -0.25) is 4.98 Å². The lowest BCUT2D eigenvalue weighted by Gasteiger charge is -2.22. The van der Waals surface area contributed by atoms with Gasteiger partial charge in [0.25, 0.3) is 0 Å². The summed E-state index contributed by atoms with van der Waals surface area (Å²) in [4.78, 5) is 4.48. The van der Waals surface area contributed by atoms with E-state index in [0.717, 1.165) is 78.5 Å². The summed E-state index contributed by atoms with van der Waals surface area (Å²) in [6, 6.07) is 50.1. The number of para-hydroxylation sites is 3. The molecule has 1 aliphatic heterocycles. The second-order valence-electron chi connectivity index (χ2n) is 11.2. The minimum absolute atomic E-state index is 0.742. The molecule has 1 aliphatic rings. The molecule has 2 aromatic heterocycles. The Morgan fingerprint density at radius 2 is 1.02 bits per heavy atom.